The fourth-order valence-corrected chi connectivity index (χ4v) is 5.04. The number of piperidine rings is 1. The Bertz CT molecular complexity index is 712. The van der Waals surface area contributed by atoms with Crippen LogP contribution in [0.2, 0.25) is 0 Å². The van der Waals surface area contributed by atoms with Crippen LogP contribution in [0.4, 0.5) is 5.69 Å². The highest BCUT2D eigenvalue weighted by Gasteiger charge is 2.37. The number of hydrogen-bond acceptors (Lipinski definition) is 4. The molecule has 0 radical (unpaired) electrons. The van der Waals surface area contributed by atoms with Gasteiger partial charge in [-0.3, -0.25) is 4.79 Å². The molecule has 1 amide bonds. The third kappa shape index (κ3) is 4.34. The van der Waals surface area contributed by atoms with Crippen LogP contribution in [-0.4, -0.2) is 37.3 Å². The summed E-state index contributed by atoms with van der Waals surface area (Å²) in [5.41, 5.74) is 5.80. The number of anilines is 1. The van der Waals surface area contributed by atoms with E-state index in [0.717, 1.165) is 32.1 Å². The molecule has 25 heavy (non-hydrogen) atoms. The second-order valence-electron chi connectivity index (χ2n) is 6.81. The largest absolute Gasteiger partial charge is 0.324 e. The van der Waals surface area contributed by atoms with E-state index in [4.69, 9.17) is 5.73 Å². The Labute approximate surface area is 155 Å². The quantitative estimate of drug-likeness (QED) is 0.830. The lowest BCUT2D eigenvalue weighted by Crippen LogP contribution is -2.48. The summed E-state index contributed by atoms with van der Waals surface area (Å²) in [7, 11) is -3.50. The summed E-state index contributed by atoms with van der Waals surface area (Å²) in [6, 6.07) is 6.46. The molecule has 0 atom stereocenters. The van der Waals surface area contributed by atoms with Crippen molar-refractivity contribution in [3.63, 3.8) is 0 Å². The van der Waals surface area contributed by atoms with E-state index in [1.165, 1.54) is 10.4 Å². The number of nitrogens with two attached hydrogens (primary N) is 1. The second-order valence-corrected chi connectivity index (χ2v) is 8.75. The number of halogens is 1. The van der Waals surface area contributed by atoms with Crippen LogP contribution in [0.15, 0.2) is 29.2 Å². The second kappa shape index (κ2) is 8.03. The number of nitrogens with one attached hydrogen (secondary N) is 1. The van der Waals surface area contributed by atoms with E-state index in [1.807, 2.05) is 0 Å². The molecule has 1 aromatic carbocycles. The number of amides is 1. The van der Waals surface area contributed by atoms with Gasteiger partial charge in [-0.2, -0.15) is 4.31 Å². The summed E-state index contributed by atoms with van der Waals surface area (Å²) < 4.78 is 27.0. The molecule has 8 heteroatoms. The average Bonchev–Trinajstić information content (AvgIpc) is 3.04. The topological polar surface area (TPSA) is 92.5 Å². The van der Waals surface area contributed by atoms with Crippen molar-refractivity contribution in [1.82, 2.24) is 4.31 Å². The van der Waals surface area contributed by atoms with Gasteiger partial charge in [0.05, 0.1) is 10.4 Å². The number of nitrogens with zero attached hydrogens (tertiary/aromatic N) is 1. The van der Waals surface area contributed by atoms with Crippen LogP contribution >= 0.6 is 12.4 Å². The minimum Gasteiger partial charge on any atom is -0.324 e. The zero-order chi connectivity index (χ0) is 17.2. The van der Waals surface area contributed by atoms with Gasteiger partial charge in [0.2, 0.25) is 15.9 Å². The molecule has 6 nitrogen and oxygen atoms in total. The van der Waals surface area contributed by atoms with Gasteiger partial charge in [-0.25, -0.2) is 8.42 Å². The molecule has 2 aliphatic rings. The maximum absolute atomic E-state index is 12.7. The highest BCUT2D eigenvalue weighted by molar-refractivity contribution is 7.89. The first-order chi connectivity index (χ1) is 11.4. The summed E-state index contributed by atoms with van der Waals surface area (Å²) in [4.78, 5) is 12.6. The Morgan fingerprint density at radius 2 is 1.72 bits per heavy atom. The highest BCUT2D eigenvalue weighted by Crippen LogP contribution is 2.29. The summed E-state index contributed by atoms with van der Waals surface area (Å²) in [6.45, 7) is 1.12. The molecule has 0 unspecified atom stereocenters. The molecule has 0 bridgehead atoms. The molecule has 1 saturated heterocycles. The third-order valence-electron chi connectivity index (χ3n) is 4.99. The van der Waals surface area contributed by atoms with Crippen LogP contribution < -0.4 is 11.1 Å². The molecule has 1 aromatic rings. The third-order valence-corrected chi connectivity index (χ3v) is 6.89. The molecule has 1 aliphatic heterocycles. The van der Waals surface area contributed by atoms with Gasteiger partial charge in [0, 0.05) is 18.8 Å². The first-order valence-corrected chi connectivity index (χ1v) is 10.1. The average molecular weight is 388 g/mol. The van der Waals surface area contributed by atoms with Gasteiger partial charge in [0.15, 0.2) is 0 Å². The van der Waals surface area contributed by atoms with E-state index < -0.39 is 15.6 Å². The van der Waals surface area contributed by atoms with Gasteiger partial charge in [-0.15, -0.1) is 12.4 Å². The monoisotopic (exact) mass is 387 g/mol. The number of carbonyl (C=O) groups excluding carboxylic acids is 1. The maximum atomic E-state index is 12.7. The zero-order valence-corrected chi connectivity index (χ0v) is 15.9. The van der Waals surface area contributed by atoms with E-state index in [1.54, 1.807) is 18.2 Å². The van der Waals surface area contributed by atoms with Crippen molar-refractivity contribution in [2.24, 2.45) is 5.73 Å². The maximum Gasteiger partial charge on any atom is 0.244 e. The Hall–Kier alpha value is -1.15. The molecule has 1 saturated carbocycles. The Kier molecular flexibility index (Phi) is 6.48. The van der Waals surface area contributed by atoms with E-state index >= 15 is 0 Å². The molecule has 2 fully saturated rings. The minimum atomic E-state index is -3.50. The van der Waals surface area contributed by atoms with Crippen molar-refractivity contribution in [2.45, 2.75) is 55.4 Å². The molecule has 1 aliphatic carbocycles. The van der Waals surface area contributed by atoms with Crippen molar-refractivity contribution in [1.29, 1.82) is 0 Å². The molecule has 0 aromatic heterocycles. The Balaban J connectivity index is 0.00000225. The molecular weight excluding hydrogens is 362 g/mol. The fourth-order valence-electron chi connectivity index (χ4n) is 3.48. The van der Waals surface area contributed by atoms with E-state index in [0.29, 0.717) is 31.6 Å². The van der Waals surface area contributed by atoms with E-state index in [2.05, 4.69) is 5.32 Å². The lowest BCUT2D eigenvalue weighted by molar-refractivity contribution is -0.121. The summed E-state index contributed by atoms with van der Waals surface area (Å²) in [6.07, 6.45) is 6.10. The highest BCUT2D eigenvalue weighted by atomic mass is 35.5. The van der Waals surface area contributed by atoms with E-state index in [-0.39, 0.29) is 23.2 Å². The van der Waals surface area contributed by atoms with Crippen LogP contribution in [-0.2, 0) is 14.8 Å². The lowest BCUT2D eigenvalue weighted by atomic mass is 9.98. The number of hydrogen-bond donors (Lipinski definition) is 2. The Morgan fingerprint density at radius 3 is 2.36 bits per heavy atom. The number of benzene rings is 1. The van der Waals surface area contributed by atoms with E-state index in [9.17, 15) is 13.2 Å². The predicted octanol–water partition coefficient (Wildman–Crippen LogP) is 2.49. The summed E-state index contributed by atoms with van der Waals surface area (Å²) >= 11 is 0. The standard InChI is InChI=1S/C17H25N3O3S.ClH/c18-17(9-2-3-10-17)16(21)19-14-7-6-8-15(13-14)24(22,23)20-11-4-1-5-12-20;/h6-8,13H,1-5,9-12,18H2,(H,19,21);1H. The van der Waals surface area contributed by atoms with Crippen LogP contribution in [0.25, 0.3) is 0 Å². The first-order valence-electron chi connectivity index (χ1n) is 8.62. The van der Waals surface area contributed by atoms with Gasteiger partial charge in [-0.1, -0.05) is 25.3 Å². The predicted molar refractivity (Wildman–Crippen MR) is 100 cm³/mol. The number of sulfonamides is 1. The number of carbonyl (C=O) groups is 1. The van der Waals surface area contributed by atoms with Crippen molar-refractivity contribution in [3.05, 3.63) is 24.3 Å². The molecule has 3 rings (SSSR count). The molecule has 1 heterocycles. The van der Waals surface area contributed by atoms with Gasteiger partial charge in [-0.05, 0) is 43.9 Å². The SMILES string of the molecule is Cl.NC1(C(=O)Nc2cccc(S(=O)(=O)N3CCCCC3)c2)CCCC1. The molecular formula is C17H26ClN3O3S. The van der Waals surface area contributed by atoms with Gasteiger partial charge < -0.3 is 11.1 Å². The summed E-state index contributed by atoms with van der Waals surface area (Å²) in [5.74, 6) is -0.229. The minimum absolute atomic E-state index is 0. The zero-order valence-electron chi connectivity index (χ0n) is 14.2. The fraction of sp³-hybridized carbons (Fsp3) is 0.588. The normalized spacial score (nSPS) is 20.7. The van der Waals surface area contributed by atoms with Gasteiger partial charge in [0.1, 0.15) is 0 Å². The van der Waals surface area contributed by atoms with Crippen LogP contribution in [0.3, 0.4) is 0 Å². The molecule has 0 spiro atoms. The van der Waals surface area contributed by atoms with Crippen molar-refractivity contribution < 1.29 is 13.2 Å². The lowest BCUT2D eigenvalue weighted by Gasteiger charge is -2.26. The van der Waals surface area contributed by atoms with Crippen molar-refractivity contribution in [2.75, 3.05) is 18.4 Å². The molecule has 140 valence electrons. The molecule has 3 N–H and O–H groups in total. The van der Waals surface area contributed by atoms with Crippen molar-refractivity contribution in [3.8, 4) is 0 Å². The van der Waals surface area contributed by atoms with Gasteiger partial charge in [0.25, 0.3) is 0 Å². The van der Waals surface area contributed by atoms with Crippen LogP contribution in [0, 0.1) is 0 Å². The van der Waals surface area contributed by atoms with Crippen molar-refractivity contribution >= 4 is 34.0 Å². The number of rotatable bonds is 4. The van der Waals surface area contributed by atoms with Crippen LogP contribution in [0.5, 0.6) is 0 Å². The first kappa shape index (κ1) is 20.2. The summed E-state index contributed by atoms with van der Waals surface area (Å²) in [5, 5.41) is 2.79. The van der Waals surface area contributed by atoms with Gasteiger partial charge >= 0.3 is 0 Å². The smallest absolute Gasteiger partial charge is 0.244 e. The Morgan fingerprint density at radius 1 is 1.08 bits per heavy atom. The van der Waals surface area contributed by atoms with Crippen LogP contribution in [0.1, 0.15) is 44.9 Å².